The Hall–Kier alpha value is -1.69. The van der Waals surface area contributed by atoms with E-state index in [0.29, 0.717) is 38.9 Å². The van der Waals surface area contributed by atoms with Crippen LogP contribution in [-0.4, -0.2) is 102 Å². The number of rotatable bonds is 27. The van der Waals surface area contributed by atoms with Crippen LogP contribution in [0.25, 0.3) is 0 Å². The van der Waals surface area contributed by atoms with Crippen LogP contribution in [0.4, 0.5) is 0 Å². The van der Waals surface area contributed by atoms with Crippen LogP contribution in [0, 0.1) is 5.41 Å². The van der Waals surface area contributed by atoms with Gasteiger partial charge in [0.25, 0.3) is 0 Å². The Labute approximate surface area is 386 Å². The van der Waals surface area contributed by atoms with E-state index in [2.05, 4.69) is 75.3 Å². The molecule has 11 nitrogen and oxygen atoms in total. The predicted molar refractivity (Wildman–Crippen MR) is 259 cm³/mol. The first kappa shape index (κ1) is 57.4. The van der Waals surface area contributed by atoms with Gasteiger partial charge in [0, 0.05) is 38.4 Å². The summed E-state index contributed by atoms with van der Waals surface area (Å²) in [5, 5.41) is 0. The van der Waals surface area contributed by atoms with E-state index in [0.717, 1.165) is 48.3 Å². The zero-order valence-corrected chi connectivity index (χ0v) is 44.9. The molecule has 2 heterocycles. The van der Waals surface area contributed by atoms with Gasteiger partial charge >= 0.3 is 11.9 Å². The van der Waals surface area contributed by atoms with Crippen molar-refractivity contribution < 1.29 is 51.6 Å². The first-order valence-corrected chi connectivity index (χ1v) is 29.7. The summed E-state index contributed by atoms with van der Waals surface area (Å²) < 4.78 is 57.7. The second-order valence-corrected chi connectivity index (χ2v) is 28.4. The van der Waals surface area contributed by atoms with Gasteiger partial charge in [-0.25, -0.2) is 0 Å². The third-order valence-electron chi connectivity index (χ3n) is 14.0. The van der Waals surface area contributed by atoms with Crippen LogP contribution in [0.2, 0.25) is 36.3 Å². The normalized spacial score (nSPS) is 27.4. The van der Waals surface area contributed by atoms with Crippen molar-refractivity contribution in [1.29, 1.82) is 0 Å². The van der Waals surface area contributed by atoms with E-state index in [1.807, 2.05) is 65.8 Å². The fourth-order valence-corrected chi connectivity index (χ4v) is 15.4. The van der Waals surface area contributed by atoms with Gasteiger partial charge in [-0.1, -0.05) is 86.6 Å². The molecule has 0 aromatic heterocycles. The molecule has 13 heteroatoms. The summed E-state index contributed by atoms with van der Waals surface area (Å²) in [7, 11) is -3.94. The van der Waals surface area contributed by atoms with Crippen molar-refractivity contribution >= 4 is 28.6 Å². The molecule has 10 unspecified atom stereocenters. The molecule has 1 fully saturated rings. The Balaban J connectivity index is 2.53. The van der Waals surface area contributed by atoms with Gasteiger partial charge in [-0.05, 0) is 116 Å². The molecule has 0 bridgehead atoms. The van der Waals surface area contributed by atoms with Crippen molar-refractivity contribution in [2.24, 2.45) is 5.41 Å². The predicted octanol–water partition coefficient (Wildman–Crippen LogP) is 12.2. The van der Waals surface area contributed by atoms with Crippen LogP contribution in [0.3, 0.4) is 0 Å². The Morgan fingerprint density at radius 3 is 2.03 bits per heavy atom. The number of epoxide rings is 1. The van der Waals surface area contributed by atoms with Crippen LogP contribution in [0.1, 0.15) is 156 Å². The lowest BCUT2D eigenvalue weighted by molar-refractivity contribution is -0.227. The van der Waals surface area contributed by atoms with E-state index < -0.39 is 64.7 Å². The molecule has 0 amide bonds. The summed E-state index contributed by atoms with van der Waals surface area (Å²) >= 11 is 0. The number of cyclic esters (lactones) is 1. The minimum Gasteiger partial charge on any atom is -0.457 e. The standard InChI is InChI=1S/C50H92O11Si2/c1-18-44(61-63(24-7,25-8)26-9)48(14,15)47-43(57-47)36-49(16,58-39(12)53-19-2)33-28-29-37(10)42-30-27-31-45(55-38(11)51)50(17,59-40(13)54-20-3)34-32-41(35-46(52)56-42)60-62(21-4,22-5)23-6/h27-29,31,33,39-45,47H,18-26,30,32,34-36H2,1-17H3/b31-27-,33-28+,37-29+. The van der Waals surface area contributed by atoms with Crippen molar-refractivity contribution in [2.75, 3.05) is 13.2 Å². The molecule has 0 radical (unpaired) electrons. The smallest absolute Gasteiger partial charge is 0.308 e. The lowest BCUT2D eigenvalue weighted by Gasteiger charge is -2.40. The highest BCUT2D eigenvalue weighted by Gasteiger charge is 2.55. The lowest BCUT2D eigenvalue weighted by atomic mass is 9.79. The minimum absolute atomic E-state index is 0.00834. The zero-order valence-electron chi connectivity index (χ0n) is 42.9. The first-order chi connectivity index (χ1) is 29.6. The summed E-state index contributed by atoms with van der Waals surface area (Å²) in [4.78, 5) is 26.5. The lowest BCUT2D eigenvalue weighted by Crippen LogP contribution is -2.48. The summed E-state index contributed by atoms with van der Waals surface area (Å²) in [6, 6.07) is 6.17. The number of carbonyl (C=O) groups excluding carboxylic acids is 2. The van der Waals surface area contributed by atoms with Crippen LogP contribution >= 0.6 is 0 Å². The van der Waals surface area contributed by atoms with Crippen molar-refractivity contribution in [3.05, 3.63) is 36.0 Å². The largest absolute Gasteiger partial charge is 0.457 e. The Kier molecular flexibility index (Phi) is 24.3. The second-order valence-electron chi connectivity index (χ2n) is 19.0. The number of allylic oxidation sites excluding steroid dienone is 2. The third kappa shape index (κ3) is 17.5. The summed E-state index contributed by atoms with van der Waals surface area (Å²) in [5.74, 6) is -0.725. The maximum Gasteiger partial charge on any atom is 0.308 e. The molecule has 0 spiro atoms. The molecule has 0 aromatic carbocycles. The molecule has 0 N–H and O–H groups in total. The summed E-state index contributed by atoms with van der Waals surface area (Å²) in [5.41, 5.74) is -1.00. The van der Waals surface area contributed by atoms with Gasteiger partial charge in [-0.2, -0.15) is 0 Å². The maximum absolute atomic E-state index is 13.9. The van der Waals surface area contributed by atoms with Crippen molar-refractivity contribution in [2.45, 2.75) is 253 Å². The minimum atomic E-state index is -2.12. The van der Waals surface area contributed by atoms with Gasteiger partial charge in [-0.3, -0.25) is 9.59 Å². The SMILES string of the molecule is CCOC(C)OC(C)(/C=C/C=C(\C)C1C/C=C\C(OC(C)=O)C(C)(OC(C)OCC)CCC(O[Si](CC)(CC)CC)CC(=O)O1)CC1OC1C(C)(C)C(CC)O[Si](CC)(CC)CC. The second kappa shape index (κ2) is 26.6. The number of esters is 2. The highest BCUT2D eigenvalue weighted by Crippen LogP contribution is 2.48. The van der Waals surface area contributed by atoms with Crippen LogP contribution in [-0.2, 0) is 51.6 Å². The average Bonchev–Trinajstić information content (AvgIpc) is 4.00. The van der Waals surface area contributed by atoms with Gasteiger partial charge < -0.3 is 42.0 Å². The van der Waals surface area contributed by atoms with Crippen molar-refractivity contribution in [1.82, 2.24) is 0 Å². The number of carbonyl (C=O) groups is 2. The molecule has 0 aromatic rings. The maximum atomic E-state index is 13.9. The molecule has 0 saturated carbocycles. The average molecular weight is 925 g/mol. The van der Waals surface area contributed by atoms with E-state index in [1.54, 1.807) is 0 Å². The van der Waals surface area contributed by atoms with Gasteiger partial charge in [0.15, 0.2) is 29.2 Å². The Bertz CT molecular complexity index is 1440. The van der Waals surface area contributed by atoms with E-state index in [9.17, 15) is 9.59 Å². The number of hydrogen-bond acceptors (Lipinski definition) is 11. The fourth-order valence-electron chi connectivity index (χ4n) is 9.42. The Morgan fingerprint density at radius 1 is 0.905 bits per heavy atom. The van der Waals surface area contributed by atoms with Crippen molar-refractivity contribution in [3.8, 4) is 0 Å². The van der Waals surface area contributed by atoms with Crippen LogP contribution in [0.15, 0.2) is 36.0 Å². The molecule has 2 aliphatic heterocycles. The zero-order chi connectivity index (χ0) is 47.6. The van der Waals surface area contributed by atoms with Crippen LogP contribution < -0.4 is 0 Å². The first-order valence-electron chi connectivity index (χ1n) is 24.6. The van der Waals surface area contributed by atoms with E-state index >= 15 is 0 Å². The summed E-state index contributed by atoms with van der Waals surface area (Å²) in [6.07, 6.45) is 10.3. The van der Waals surface area contributed by atoms with E-state index in [4.69, 9.17) is 42.0 Å². The number of hydrogen-bond donors (Lipinski definition) is 0. The molecule has 0 aliphatic carbocycles. The molecule has 2 rings (SSSR count). The molecule has 2 aliphatic rings. The van der Waals surface area contributed by atoms with Crippen LogP contribution in [0.5, 0.6) is 0 Å². The molecular weight excluding hydrogens is 833 g/mol. The number of ether oxygens (including phenoxy) is 7. The molecule has 63 heavy (non-hydrogen) atoms. The van der Waals surface area contributed by atoms with Gasteiger partial charge in [0.1, 0.15) is 17.8 Å². The fraction of sp³-hybridized carbons (Fsp3) is 0.840. The van der Waals surface area contributed by atoms with Gasteiger partial charge in [-0.15, -0.1) is 0 Å². The highest BCUT2D eigenvalue weighted by atomic mass is 28.4. The van der Waals surface area contributed by atoms with E-state index in [-0.39, 0.29) is 36.1 Å². The molecule has 1 saturated heterocycles. The third-order valence-corrected chi connectivity index (χ3v) is 23.3. The van der Waals surface area contributed by atoms with Gasteiger partial charge in [0.05, 0.1) is 36.4 Å². The van der Waals surface area contributed by atoms with Gasteiger partial charge in [0.2, 0.25) is 0 Å². The Morgan fingerprint density at radius 2 is 1.49 bits per heavy atom. The molecule has 10 atom stereocenters. The molecular formula is C50H92O11Si2. The van der Waals surface area contributed by atoms with E-state index in [1.165, 1.54) is 6.92 Å². The van der Waals surface area contributed by atoms with Crippen molar-refractivity contribution in [3.63, 3.8) is 0 Å². The highest BCUT2D eigenvalue weighted by molar-refractivity contribution is 6.74. The summed E-state index contributed by atoms with van der Waals surface area (Å²) in [6.45, 7) is 36.3. The quantitative estimate of drug-likeness (QED) is 0.0195. The molecule has 366 valence electrons. The topological polar surface area (TPSA) is 121 Å². The monoisotopic (exact) mass is 925 g/mol.